The average molecular weight is 352 g/mol. The van der Waals surface area contributed by atoms with E-state index in [-0.39, 0.29) is 28.9 Å². The molecule has 1 amide bonds. The lowest BCUT2D eigenvalue weighted by Crippen LogP contribution is -2.29. The van der Waals surface area contributed by atoms with Crippen LogP contribution in [0.15, 0.2) is 40.6 Å². The highest BCUT2D eigenvalue weighted by molar-refractivity contribution is 7.91. The van der Waals surface area contributed by atoms with E-state index in [0.717, 1.165) is 10.7 Å². The molecule has 1 aromatic heterocycles. The minimum absolute atomic E-state index is 0.0408. The predicted octanol–water partition coefficient (Wildman–Crippen LogP) is 2.54. The first kappa shape index (κ1) is 17.6. The molecule has 2 rings (SSSR count). The Labute approximate surface area is 140 Å². The SMILES string of the molecule is Cc1csc([C@H](C)CNC(=O)CCS(=O)(=O)c2ccccc2)n1. The third-order valence-electron chi connectivity index (χ3n) is 3.36. The number of rotatable bonds is 7. The lowest BCUT2D eigenvalue weighted by Gasteiger charge is -2.10. The van der Waals surface area contributed by atoms with Crippen molar-refractivity contribution in [3.63, 3.8) is 0 Å². The van der Waals surface area contributed by atoms with E-state index in [2.05, 4.69) is 10.3 Å². The molecule has 1 N–H and O–H groups in total. The van der Waals surface area contributed by atoms with Crippen molar-refractivity contribution in [3.8, 4) is 0 Å². The molecule has 0 aliphatic rings. The van der Waals surface area contributed by atoms with E-state index in [1.807, 2.05) is 19.2 Å². The van der Waals surface area contributed by atoms with Crippen molar-refractivity contribution >= 4 is 27.1 Å². The first-order chi connectivity index (χ1) is 10.9. The number of hydrogen-bond acceptors (Lipinski definition) is 5. The highest BCUT2D eigenvalue weighted by atomic mass is 32.2. The van der Waals surface area contributed by atoms with Gasteiger partial charge in [0.2, 0.25) is 5.91 Å². The minimum atomic E-state index is -3.41. The Hall–Kier alpha value is -1.73. The van der Waals surface area contributed by atoms with Gasteiger partial charge in [-0.15, -0.1) is 11.3 Å². The zero-order valence-corrected chi connectivity index (χ0v) is 14.8. The summed E-state index contributed by atoms with van der Waals surface area (Å²) in [5.74, 6) is -0.332. The Kier molecular flexibility index (Phi) is 5.90. The molecule has 0 fully saturated rings. The summed E-state index contributed by atoms with van der Waals surface area (Å²) in [4.78, 5) is 16.5. The summed E-state index contributed by atoms with van der Waals surface area (Å²) in [6.45, 7) is 4.37. The largest absolute Gasteiger partial charge is 0.355 e. The van der Waals surface area contributed by atoms with Gasteiger partial charge in [-0.1, -0.05) is 25.1 Å². The Bertz CT molecular complexity index is 755. The molecule has 1 heterocycles. The van der Waals surface area contributed by atoms with E-state index in [9.17, 15) is 13.2 Å². The maximum atomic E-state index is 12.1. The number of benzene rings is 1. The van der Waals surface area contributed by atoms with Gasteiger partial charge < -0.3 is 5.32 Å². The zero-order chi connectivity index (χ0) is 16.9. The Morgan fingerprint density at radius 3 is 2.61 bits per heavy atom. The van der Waals surface area contributed by atoms with Gasteiger partial charge in [0.25, 0.3) is 0 Å². The number of sulfone groups is 1. The first-order valence-electron chi connectivity index (χ1n) is 7.35. The Morgan fingerprint density at radius 2 is 2.00 bits per heavy atom. The standard InChI is InChI=1S/C16H20N2O3S2/c1-12(16-18-13(2)11-22-16)10-17-15(19)8-9-23(20,21)14-6-4-3-5-7-14/h3-7,11-12H,8-10H2,1-2H3,(H,17,19)/t12-/m1/s1. The number of carbonyl (C=O) groups is 1. The summed E-state index contributed by atoms with van der Waals surface area (Å²) in [7, 11) is -3.41. The van der Waals surface area contributed by atoms with Crippen molar-refractivity contribution in [3.05, 3.63) is 46.4 Å². The van der Waals surface area contributed by atoms with Gasteiger partial charge in [0.15, 0.2) is 9.84 Å². The van der Waals surface area contributed by atoms with Gasteiger partial charge in [0, 0.05) is 30.0 Å². The second-order valence-corrected chi connectivity index (χ2v) is 8.41. The van der Waals surface area contributed by atoms with Crippen LogP contribution in [0.4, 0.5) is 0 Å². The van der Waals surface area contributed by atoms with Gasteiger partial charge in [-0.3, -0.25) is 4.79 Å². The molecule has 23 heavy (non-hydrogen) atoms. The van der Waals surface area contributed by atoms with Gasteiger partial charge >= 0.3 is 0 Å². The number of carbonyl (C=O) groups excluding carboxylic acids is 1. The van der Waals surface area contributed by atoms with Gasteiger partial charge in [-0.05, 0) is 19.1 Å². The quantitative estimate of drug-likeness (QED) is 0.831. The number of nitrogens with one attached hydrogen (secondary N) is 1. The third-order valence-corrected chi connectivity index (χ3v) is 6.29. The summed E-state index contributed by atoms with van der Waals surface area (Å²) in [6.07, 6.45) is -0.0408. The molecule has 0 spiro atoms. The number of aromatic nitrogens is 1. The second-order valence-electron chi connectivity index (χ2n) is 5.41. The van der Waals surface area contributed by atoms with Crippen molar-refractivity contribution in [2.75, 3.05) is 12.3 Å². The molecule has 0 radical (unpaired) electrons. The molecule has 2 aromatic rings. The molecule has 0 saturated carbocycles. The second kappa shape index (κ2) is 7.70. The predicted molar refractivity (Wildman–Crippen MR) is 91.4 cm³/mol. The van der Waals surface area contributed by atoms with Gasteiger partial charge in [0.1, 0.15) is 0 Å². The van der Waals surface area contributed by atoms with Crippen LogP contribution in [0.25, 0.3) is 0 Å². The number of amides is 1. The third kappa shape index (κ3) is 5.14. The van der Waals surface area contributed by atoms with E-state index >= 15 is 0 Å². The molecule has 124 valence electrons. The maximum Gasteiger partial charge on any atom is 0.221 e. The maximum absolute atomic E-state index is 12.1. The molecule has 0 saturated heterocycles. The summed E-state index contributed by atoms with van der Waals surface area (Å²) >= 11 is 1.57. The smallest absolute Gasteiger partial charge is 0.221 e. The van der Waals surface area contributed by atoms with Crippen molar-refractivity contribution < 1.29 is 13.2 Å². The summed E-state index contributed by atoms with van der Waals surface area (Å²) in [6, 6.07) is 8.18. The Balaban J connectivity index is 1.81. The first-order valence-corrected chi connectivity index (χ1v) is 9.88. The molecule has 0 aliphatic heterocycles. The van der Waals surface area contributed by atoms with E-state index in [1.165, 1.54) is 0 Å². The van der Waals surface area contributed by atoms with Crippen LogP contribution >= 0.6 is 11.3 Å². The molecule has 0 aliphatic carbocycles. The number of hydrogen-bond donors (Lipinski definition) is 1. The highest BCUT2D eigenvalue weighted by Gasteiger charge is 2.17. The topological polar surface area (TPSA) is 76.1 Å². The van der Waals surface area contributed by atoms with Crippen LogP contribution in [0.5, 0.6) is 0 Å². The fourth-order valence-corrected chi connectivity index (χ4v) is 4.13. The van der Waals surface area contributed by atoms with E-state index < -0.39 is 9.84 Å². The molecular formula is C16H20N2O3S2. The fraction of sp³-hybridized carbons (Fsp3) is 0.375. The molecule has 5 nitrogen and oxygen atoms in total. The average Bonchev–Trinajstić information content (AvgIpc) is 2.98. The zero-order valence-electron chi connectivity index (χ0n) is 13.2. The van der Waals surface area contributed by atoms with Crippen molar-refractivity contribution in [1.29, 1.82) is 0 Å². The molecular weight excluding hydrogens is 332 g/mol. The molecule has 0 bridgehead atoms. The lowest BCUT2D eigenvalue weighted by atomic mass is 10.2. The monoisotopic (exact) mass is 352 g/mol. The minimum Gasteiger partial charge on any atom is -0.355 e. The van der Waals surface area contributed by atoms with Crippen molar-refractivity contribution in [2.45, 2.75) is 31.1 Å². The van der Waals surface area contributed by atoms with Crippen LogP contribution in [-0.2, 0) is 14.6 Å². The van der Waals surface area contributed by atoms with Gasteiger partial charge in [0.05, 0.1) is 15.7 Å². The van der Waals surface area contributed by atoms with Crippen LogP contribution in [0.2, 0.25) is 0 Å². The lowest BCUT2D eigenvalue weighted by molar-refractivity contribution is -0.120. The summed E-state index contributed by atoms with van der Waals surface area (Å²) in [5.41, 5.74) is 0.970. The van der Waals surface area contributed by atoms with E-state index in [4.69, 9.17) is 0 Å². The number of aryl methyl sites for hydroxylation is 1. The van der Waals surface area contributed by atoms with E-state index in [0.29, 0.717) is 6.54 Å². The normalized spacial score (nSPS) is 12.8. The van der Waals surface area contributed by atoms with Crippen LogP contribution in [0.3, 0.4) is 0 Å². The van der Waals surface area contributed by atoms with Crippen molar-refractivity contribution in [2.24, 2.45) is 0 Å². The molecule has 7 heteroatoms. The van der Waals surface area contributed by atoms with E-state index in [1.54, 1.807) is 41.7 Å². The number of thiazole rings is 1. The van der Waals surface area contributed by atoms with Crippen LogP contribution in [-0.4, -0.2) is 31.6 Å². The number of nitrogens with zero attached hydrogens (tertiary/aromatic N) is 1. The summed E-state index contributed by atoms with van der Waals surface area (Å²) in [5, 5.41) is 5.72. The van der Waals surface area contributed by atoms with Crippen LogP contribution in [0.1, 0.15) is 30.0 Å². The molecule has 1 atom stereocenters. The van der Waals surface area contributed by atoms with Gasteiger partial charge in [-0.2, -0.15) is 0 Å². The van der Waals surface area contributed by atoms with Crippen molar-refractivity contribution in [1.82, 2.24) is 10.3 Å². The fourth-order valence-electron chi connectivity index (χ4n) is 2.01. The molecule has 1 aromatic carbocycles. The molecule has 0 unspecified atom stereocenters. The van der Waals surface area contributed by atoms with Crippen LogP contribution < -0.4 is 5.32 Å². The highest BCUT2D eigenvalue weighted by Crippen LogP contribution is 2.19. The van der Waals surface area contributed by atoms with Crippen LogP contribution in [0, 0.1) is 6.92 Å². The Morgan fingerprint density at radius 1 is 1.30 bits per heavy atom. The summed E-state index contributed by atoms with van der Waals surface area (Å²) < 4.78 is 24.2. The van der Waals surface area contributed by atoms with Gasteiger partial charge in [-0.25, -0.2) is 13.4 Å².